The molecule has 2 aromatic carbocycles. The van der Waals surface area contributed by atoms with Crippen LogP contribution >= 0.6 is 0 Å². The first-order valence-corrected chi connectivity index (χ1v) is 10.1. The molecule has 1 atom stereocenters. The van der Waals surface area contributed by atoms with Crippen molar-refractivity contribution in [2.75, 3.05) is 11.9 Å². The summed E-state index contributed by atoms with van der Waals surface area (Å²) >= 11 is 0. The van der Waals surface area contributed by atoms with E-state index in [1.165, 1.54) is 18.4 Å². The Labute approximate surface area is 172 Å². The second kappa shape index (κ2) is 8.78. The lowest BCUT2D eigenvalue weighted by Gasteiger charge is -2.19. The van der Waals surface area contributed by atoms with E-state index in [1.807, 2.05) is 24.3 Å². The summed E-state index contributed by atoms with van der Waals surface area (Å²) in [6, 6.07) is 14.3. The molecule has 0 bridgehead atoms. The number of nitrogens with one attached hydrogen (secondary N) is 1. The summed E-state index contributed by atoms with van der Waals surface area (Å²) in [4.78, 5) is 24.5. The standard InChI is InChI=1S/C24H29NO4/c1-16(28-15-17-5-6-17)23(27)29-21-13-11-20(12-14-21)25-22(26)18-7-9-19(10-8-18)24(2,3)4/h7-14,16-17H,5-6,15H2,1-4H3,(H,25,26). The van der Waals surface area contributed by atoms with Gasteiger partial charge in [-0.1, -0.05) is 32.9 Å². The van der Waals surface area contributed by atoms with Crippen molar-refractivity contribution in [3.63, 3.8) is 0 Å². The van der Waals surface area contributed by atoms with Gasteiger partial charge in [-0.2, -0.15) is 0 Å². The van der Waals surface area contributed by atoms with Gasteiger partial charge in [-0.15, -0.1) is 0 Å². The minimum atomic E-state index is -0.592. The molecular formula is C24H29NO4. The van der Waals surface area contributed by atoms with Crippen LogP contribution in [0.4, 0.5) is 5.69 Å². The van der Waals surface area contributed by atoms with Crippen LogP contribution in [0, 0.1) is 5.92 Å². The molecule has 0 spiro atoms. The highest BCUT2D eigenvalue weighted by molar-refractivity contribution is 6.04. The normalized spacial score (nSPS) is 14.9. The van der Waals surface area contributed by atoms with Crippen LogP contribution in [0.5, 0.6) is 5.75 Å². The Bertz CT molecular complexity index is 846. The van der Waals surface area contributed by atoms with Gasteiger partial charge in [0.15, 0.2) is 6.10 Å². The molecule has 0 heterocycles. The van der Waals surface area contributed by atoms with Crippen LogP contribution in [-0.2, 0) is 14.9 Å². The molecular weight excluding hydrogens is 366 g/mol. The Morgan fingerprint density at radius 3 is 2.21 bits per heavy atom. The Kier molecular flexibility index (Phi) is 6.38. The van der Waals surface area contributed by atoms with Gasteiger partial charge < -0.3 is 14.8 Å². The fourth-order valence-corrected chi connectivity index (χ4v) is 2.76. The summed E-state index contributed by atoms with van der Waals surface area (Å²) in [7, 11) is 0. The van der Waals surface area contributed by atoms with Gasteiger partial charge in [-0.05, 0) is 73.1 Å². The van der Waals surface area contributed by atoms with Gasteiger partial charge in [0.25, 0.3) is 5.91 Å². The van der Waals surface area contributed by atoms with Crippen molar-refractivity contribution in [3.05, 3.63) is 59.7 Å². The number of anilines is 1. The zero-order valence-electron chi connectivity index (χ0n) is 17.5. The van der Waals surface area contributed by atoms with Crippen LogP contribution in [0.2, 0.25) is 0 Å². The van der Waals surface area contributed by atoms with Gasteiger partial charge in [-0.3, -0.25) is 4.79 Å². The monoisotopic (exact) mass is 395 g/mol. The van der Waals surface area contributed by atoms with E-state index in [0.717, 1.165) is 0 Å². The smallest absolute Gasteiger partial charge is 0.340 e. The van der Waals surface area contributed by atoms with Gasteiger partial charge >= 0.3 is 5.97 Å². The van der Waals surface area contributed by atoms with Crippen LogP contribution in [0.15, 0.2) is 48.5 Å². The first-order valence-electron chi connectivity index (χ1n) is 10.1. The van der Waals surface area contributed by atoms with Crippen LogP contribution in [0.25, 0.3) is 0 Å². The van der Waals surface area contributed by atoms with Gasteiger partial charge in [0, 0.05) is 11.3 Å². The fourth-order valence-electron chi connectivity index (χ4n) is 2.76. The summed E-state index contributed by atoms with van der Waals surface area (Å²) in [6.07, 6.45) is 1.76. The number of ether oxygens (including phenoxy) is 2. The molecule has 2 aromatic rings. The number of rotatable bonds is 7. The Morgan fingerprint density at radius 1 is 1.03 bits per heavy atom. The molecule has 5 nitrogen and oxygen atoms in total. The molecule has 1 amide bonds. The molecule has 1 fully saturated rings. The fraction of sp³-hybridized carbons (Fsp3) is 0.417. The topological polar surface area (TPSA) is 64.6 Å². The lowest BCUT2D eigenvalue weighted by atomic mass is 9.87. The van der Waals surface area contributed by atoms with Crippen LogP contribution in [0.3, 0.4) is 0 Å². The Morgan fingerprint density at radius 2 is 1.66 bits per heavy atom. The van der Waals surface area contributed by atoms with Gasteiger partial charge in [0.1, 0.15) is 5.75 Å². The average molecular weight is 395 g/mol. The third-order valence-electron chi connectivity index (χ3n) is 4.95. The van der Waals surface area contributed by atoms with E-state index in [1.54, 1.807) is 31.2 Å². The third kappa shape index (κ3) is 6.16. The summed E-state index contributed by atoms with van der Waals surface area (Å²) in [5.41, 5.74) is 2.45. The second-order valence-corrected chi connectivity index (χ2v) is 8.65. The number of hydrogen-bond acceptors (Lipinski definition) is 4. The van der Waals surface area contributed by atoms with Gasteiger partial charge in [0.2, 0.25) is 0 Å². The molecule has 0 radical (unpaired) electrons. The van der Waals surface area contributed by atoms with Gasteiger partial charge in [0.05, 0.1) is 6.61 Å². The Balaban J connectivity index is 1.52. The van der Waals surface area contributed by atoms with Crippen LogP contribution in [-0.4, -0.2) is 24.6 Å². The van der Waals surface area contributed by atoms with Crippen LogP contribution < -0.4 is 10.1 Å². The first-order chi connectivity index (χ1) is 13.7. The molecule has 29 heavy (non-hydrogen) atoms. The minimum Gasteiger partial charge on any atom is -0.425 e. The maximum atomic E-state index is 12.4. The summed E-state index contributed by atoms with van der Waals surface area (Å²) in [5.74, 6) is 0.417. The molecule has 0 aromatic heterocycles. The number of carbonyl (C=O) groups excluding carboxylic acids is 2. The van der Waals surface area contributed by atoms with E-state index in [9.17, 15) is 9.59 Å². The third-order valence-corrected chi connectivity index (χ3v) is 4.95. The second-order valence-electron chi connectivity index (χ2n) is 8.65. The summed E-state index contributed by atoms with van der Waals surface area (Å²) < 4.78 is 10.9. The highest BCUT2D eigenvalue weighted by atomic mass is 16.6. The molecule has 1 aliphatic carbocycles. The largest absolute Gasteiger partial charge is 0.425 e. The number of amides is 1. The minimum absolute atomic E-state index is 0.0444. The summed E-state index contributed by atoms with van der Waals surface area (Å²) in [5, 5.41) is 2.86. The number of hydrogen-bond donors (Lipinski definition) is 1. The van der Waals surface area contributed by atoms with Crippen LogP contribution in [0.1, 0.15) is 56.5 Å². The molecule has 154 valence electrons. The van der Waals surface area contributed by atoms with E-state index in [-0.39, 0.29) is 11.3 Å². The molecule has 5 heteroatoms. The first kappa shape index (κ1) is 21.1. The van der Waals surface area contributed by atoms with Crippen molar-refractivity contribution in [2.45, 2.75) is 52.1 Å². The molecule has 1 saturated carbocycles. The molecule has 0 aliphatic heterocycles. The van der Waals surface area contributed by atoms with Crippen molar-refractivity contribution in [1.82, 2.24) is 0 Å². The predicted octanol–water partition coefficient (Wildman–Crippen LogP) is 4.96. The Hall–Kier alpha value is -2.66. The van der Waals surface area contributed by atoms with E-state index >= 15 is 0 Å². The molecule has 1 N–H and O–H groups in total. The predicted molar refractivity (Wildman–Crippen MR) is 113 cm³/mol. The number of carbonyl (C=O) groups is 2. The lowest BCUT2D eigenvalue weighted by Crippen LogP contribution is -2.26. The van der Waals surface area contributed by atoms with Gasteiger partial charge in [-0.25, -0.2) is 4.79 Å². The van der Waals surface area contributed by atoms with Crippen molar-refractivity contribution in [2.24, 2.45) is 5.92 Å². The zero-order valence-corrected chi connectivity index (χ0v) is 17.5. The lowest BCUT2D eigenvalue weighted by molar-refractivity contribution is -0.146. The number of esters is 1. The summed E-state index contributed by atoms with van der Waals surface area (Å²) in [6.45, 7) is 8.71. The van der Waals surface area contributed by atoms with E-state index in [2.05, 4.69) is 26.1 Å². The average Bonchev–Trinajstić information content (AvgIpc) is 3.51. The number of benzene rings is 2. The molecule has 1 aliphatic rings. The van der Waals surface area contributed by atoms with E-state index < -0.39 is 12.1 Å². The molecule has 0 saturated heterocycles. The maximum absolute atomic E-state index is 12.4. The molecule has 1 unspecified atom stereocenters. The van der Waals surface area contributed by atoms with Crippen molar-refractivity contribution >= 4 is 17.6 Å². The van der Waals surface area contributed by atoms with Crippen molar-refractivity contribution < 1.29 is 19.1 Å². The highest BCUT2D eigenvalue weighted by Crippen LogP contribution is 2.29. The van der Waals surface area contributed by atoms with Crippen molar-refractivity contribution in [3.8, 4) is 5.75 Å². The quantitative estimate of drug-likeness (QED) is 0.532. The van der Waals surface area contributed by atoms with E-state index in [0.29, 0.717) is 29.5 Å². The zero-order chi connectivity index (χ0) is 21.0. The maximum Gasteiger partial charge on any atom is 0.340 e. The molecule has 3 rings (SSSR count). The SMILES string of the molecule is CC(OCC1CC1)C(=O)Oc1ccc(NC(=O)c2ccc(C(C)(C)C)cc2)cc1. The highest BCUT2D eigenvalue weighted by Gasteiger charge is 2.24. The van der Waals surface area contributed by atoms with E-state index in [4.69, 9.17) is 9.47 Å². The van der Waals surface area contributed by atoms with Crippen molar-refractivity contribution in [1.29, 1.82) is 0 Å².